The van der Waals surface area contributed by atoms with Crippen LogP contribution in [0, 0.1) is 0 Å². The normalized spacial score (nSPS) is 15.1. The first-order valence-corrected chi connectivity index (χ1v) is 5.20. The van der Waals surface area contributed by atoms with Gasteiger partial charge < -0.3 is 5.11 Å². The lowest BCUT2D eigenvalue weighted by molar-refractivity contribution is -0.132. The average molecular weight is 223 g/mol. The maximum Gasteiger partial charge on any atom is 0.331 e. The Balaban J connectivity index is 2.62. The zero-order valence-corrected chi connectivity index (χ0v) is 9.14. The fourth-order valence-corrected chi connectivity index (χ4v) is 2.30. The van der Waals surface area contributed by atoms with Crippen LogP contribution in [0.5, 0.6) is 0 Å². The van der Waals surface area contributed by atoms with Crippen LogP contribution in [-0.4, -0.2) is 11.1 Å². The molecule has 3 heteroatoms. The molecule has 78 valence electrons. The van der Waals surface area contributed by atoms with Crippen molar-refractivity contribution < 1.29 is 9.90 Å². The highest BCUT2D eigenvalue weighted by molar-refractivity contribution is 6.31. The predicted octanol–water partition coefficient (Wildman–Crippen LogP) is 3.14. The maximum atomic E-state index is 11.0. The Morgan fingerprint density at radius 2 is 2.13 bits per heavy atom. The van der Waals surface area contributed by atoms with Gasteiger partial charge in [0.15, 0.2) is 0 Å². The van der Waals surface area contributed by atoms with E-state index in [1.165, 1.54) is 0 Å². The molecule has 0 unspecified atom stereocenters. The number of fused-ring (bicyclic) bond motifs is 1. The van der Waals surface area contributed by atoms with E-state index in [2.05, 4.69) is 0 Å². The van der Waals surface area contributed by atoms with Gasteiger partial charge in [-0.25, -0.2) is 4.79 Å². The van der Waals surface area contributed by atoms with Crippen molar-refractivity contribution in [2.75, 3.05) is 0 Å². The molecule has 0 radical (unpaired) electrons. The highest BCUT2D eigenvalue weighted by Crippen LogP contribution is 2.34. The fraction of sp³-hybridized carbons (Fsp3) is 0.250. The molecule has 0 saturated carbocycles. The first kappa shape index (κ1) is 10.2. The largest absolute Gasteiger partial charge is 0.478 e. The summed E-state index contributed by atoms with van der Waals surface area (Å²) in [7, 11) is 0. The van der Waals surface area contributed by atoms with Crippen molar-refractivity contribution in [1.82, 2.24) is 0 Å². The van der Waals surface area contributed by atoms with Crippen molar-refractivity contribution in [2.24, 2.45) is 0 Å². The molecule has 1 aromatic rings. The Morgan fingerprint density at radius 1 is 1.40 bits per heavy atom. The number of carboxylic acids is 1. The third-order valence-corrected chi connectivity index (χ3v) is 3.21. The molecule has 0 saturated heterocycles. The number of hydrogen-bond acceptors (Lipinski definition) is 1. The number of rotatable bonds is 1. The van der Waals surface area contributed by atoms with E-state index < -0.39 is 5.97 Å². The molecule has 0 aromatic heterocycles. The molecule has 1 aromatic carbocycles. The van der Waals surface area contributed by atoms with Gasteiger partial charge in [0.05, 0.1) is 0 Å². The quantitative estimate of drug-likeness (QED) is 0.793. The van der Waals surface area contributed by atoms with Gasteiger partial charge in [0.2, 0.25) is 0 Å². The van der Waals surface area contributed by atoms with Crippen molar-refractivity contribution in [3.05, 3.63) is 39.9 Å². The standard InChI is InChI=1S/C12H11ClO2/c1-7-8-3-2-4-11(13)10(8)6-5-9(7)12(14)15/h2-4H,5-6H2,1H3,(H,14,15). The van der Waals surface area contributed by atoms with Gasteiger partial charge in [-0.2, -0.15) is 0 Å². The van der Waals surface area contributed by atoms with E-state index >= 15 is 0 Å². The van der Waals surface area contributed by atoms with Gasteiger partial charge in [-0.3, -0.25) is 0 Å². The summed E-state index contributed by atoms with van der Waals surface area (Å²) in [6.45, 7) is 1.85. The summed E-state index contributed by atoms with van der Waals surface area (Å²) < 4.78 is 0. The third-order valence-electron chi connectivity index (χ3n) is 2.86. The summed E-state index contributed by atoms with van der Waals surface area (Å²) in [5.74, 6) is -0.821. The first-order chi connectivity index (χ1) is 7.11. The smallest absolute Gasteiger partial charge is 0.331 e. The van der Waals surface area contributed by atoms with Gasteiger partial charge in [0.25, 0.3) is 0 Å². The van der Waals surface area contributed by atoms with Crippen LogP contribution in [-0.2, 0) is 11.2 Å². The number of carboxylic acid groups (broad SMARTS) is 1. The molecule has 0 fully saturated rings. The molecule has 2 rings (SSSR count). The minimum absolute atomic E-state index is 0.504. The lowest BCUT2D eigenvalue weighted by atomic mass is 9.86. The molecule has 0 amide bonds. The van der Waals surface area contributed by atoms with Crippen LogP contribution in [0.4, 0.5) is 0 Å². The van der Waals surface area contributed by atoms with Crippen molar-refractivity contribution in [1.29, 1.82) is 0 Å². The minimum atomic E-state index is -0.821. The second kappa shape index (κ2) is 3.70. The lowest BCUT2D eigenvalue weighted by Crippen LogP contribution is -2.10. The van der Waals surface area contributed by atoms with Crippen LogP contribution >= 0.6 is 11.6 Å². The molecular formula is C12H11ClO2. The molecule has 0 heterocycles. The number of benzene rings is 1. The summed E-state index contributed by atoms with van der Waals surface area (Å²) in [5, 5.41) is 9.75. The molecular weight excluding hydrogens is 212 g/mol. The van der Waals surface area contributed by atoms with Gasteiger partial charge in [0.1, 0.15) is 0 Å². The summed E-state index contributed by atoms with van der Waals surface area (Å²) in [6, 6.07) is 5.63. The van der Waals surface area contributed by atoms with Gasteiger partial charge in [-0.05, 0) is 42.5 Å². The van der Waals surface area contributed by atoms with E-state index in [4.69, 9.17) is 16.7 Å². The summed E-state index contributed by atoms with van der Waals surface area (Å²) in [4.78, 5) is 11.0. The topological polar surface area (TPSA) is 37.3 Å². The number of halogens is 1. The van der Waals surface area contributed by atoms with E-state index in [0.717, 1.165) is 21.7 Å². The van der Waals surface area contributed by atoms with Crippen LogP contribution in [0.25, 0.3) is 5.57 Å². The van der Waals surface area contributed by atoms with Crippen LogP contribution < -0.4 is 0 Å². The van der Waals surface area contributed by atoms with Gasteiger partial charge in [0, 0.05) is 10.6 Å². The highest BCUT2D eigenvalue weighted by atomic mass is 35.5. The summed E-state index contributed by atoms with van der Waals surface area (Å²) in [6.07, 6.45) is 1.28. The van der Waals surface area contributed by atoms with Crippen molar-refractivity contribution >= 4 is 23.1 Å². The molecule has 2 nitrogen and oxygen atoms in total. The molecule has 0 bridgehead atoms. The Morgan fingerprint density at radius 3 is 2.80 bits per heavy atom. The monoisotopic (exact) mass is 222 g/mol. The Kier molecular flexibility index (Phi) is 2.53. The van der Waals surface area contributed by atoms with Gasteiger partial charge in [-0.1, -0.05) is 23.7 Å². The van der Waals surface area contributed by atoms with Crippen molar-refractivity contribution in [2.45, 2.75) is 19.8 Å². The van der Waals surface area contributed by atoms with Crippen LogP contribution in [0.1, 0.15) is 24.5 Å². The Hall–Kier alpha value is -1.28. The van der Waals surface area contributed by atoms with Crippen molar-refractivity contribution in [3.63, 3.8) is 0 Å². The maximum absolute atomic E-state index is 11.0. The van der Waals surface area contributed by atoms with Crippen LogP contribution in [0.3, 0.4) is 0 Å². The molecule has 0 aliphatic heterocycles. The number of aliphatic carboxylic acids is 1. The Labute approximate surface area is 93.2 Å². The van der Waals surface area contributed by atoms with E-state index in [-0.39, 0.29) is 0 Å². The predicted molar refractivity (Wildman–Crippen MR) is 60.0 cm³/mol. The fourth-order valence-electron chi connectivity index (χ4n) is 2.03. The van der Waals surface area contributed by atoms with Crippen LogP contribution in [0.2, 0.25) is 5.02 Å². The molecule has 15 heavy (non-hydrogen) atoms. The van der Waals surface area contributed by atoms with Gasteiger partial charge >= 0.3 is 5.97 Å². The van der Waals surface area contributed by atoms with E-state index in [1.807, 2.05) is 25.1 Å². The van der Waals surface area contributed by atoms with E-state index in [0.29, 0.717) is 18.4 Å². The van der Waals surface area contributed by atoms with E-state index in [9.17, 15) is 4.79 Å². The van der Waals surface area contributed by atoms with Crippen molar-refractivity contribution in [3.8, 4) is 0 Å². The summed E-state index contributed by atoms with van der Waals surface area (Å²) in [5.41, 5.74) is 3.39. The first-order valence-electron chi connectivity index (χ1n) is 4.82. The minimum Gasteiger partial charge on any atom is -0.478 e. The molecule has 1 aliphatic carbocycles. The zero-order chi connectivity index (χ0) is 11.0. The zero-order valence-electron chi connectivity index (χ0n) is 8.38. The highest BCUT2D eigenvalue weighted by Gasteiger charge is 2.21. The Bertz CT molecular complexity index is 461. The SMILES string of the molecule is CC1=C(C(=O)O)CCc2c(Cl)cccc21. The number of hydrogen-bond donors (Lipinski definition) is 1. The molecule has 0 atom stereocenters. The molecule has 0 spiro atoms. The second-order valence-electron chi connectivity index (χ2n) is 3.67. The molecule has 1 N–H and O–H groups in total. The molecule has 1 aliphatic rings. The summed E-state index contributed by atoms with van der Waals surface area (Å²) >= 11 is 6.06. The number of allylic oxidation sites excluding steroid dienone is 1. The second-order valence-corrected chi connectivity index (χ2v) is 4.08. The average Bonchev–Trinajstić information content (AvgIpc) is 2.19. The van der Waals surface area contributed by atoms with E-state index in [1.54, 1.807) is 0 Å². The van der Waals surface area contributed by atoms with Crippen LogP contribution in [0.15, 0.2) is 23.8 Å². The number of carbonyl (C=O) groups is 1. The lowest BCUT2D eigenvalue weighted by Gasteiger charge is -2.19. The third kappa shape index (κ3) is 1.65. The van der Waals surface area contributed by atoms with Gasteiger partial charge in [-0.15, -0.1) is 0 Å².